The van der Waals surface area contributed by atoms with E-state index in [1.54, 1.807) is 7.11 Å². The summed E-state index contributed by atoms with van der Waals surface area (Å²) in [5, 5.41) is 2.97. The Morgan fingerprint density at radius 1 is 1.07 bits per heavy atom. The van der Waals surface area contributed by atoms with Crippen molar-refractivity contribution in [1.82, 2.24) is 4.90 Å². The number of carbonyl (C=O) groups excluding carboxylic acids is 2. The summed E-state index contributed by atoms with van der Waals surface area (Å²) < 4.78 is 5.15. The molecular formula is C23H27N3O3. The van der Waals surface area contributed by atoms with Crippen LogP contribution in [0.1, 0.15) is 24.8 Å². The van der Waals surface area contributed by atoms with Crippen LogP contribution in [0.5, 0.6) is 5.75 Å². The van der Waals surface area contributed by atoms with Crippen LogP contribution in [0, 0.1) is 0 Å². The summed E-state index contributed by atoms with van der Waals surface area (Å²) in [6, 6.07) is 15.1. The molecule has 0 aliphatic carbocycles. The fourth-order valence-electron chi connectivity index (χ4n) is 4.26. The minimum atomic E-state index is -0.277. The van der Waals surface area contributed by atoms with E-state index < -0.39 is 0 Å². The monoisotopic (exact) mass is 393 g/mol. The number of methoxy groups -OCH3 is 1. The molecule has 1 unspecified atom stereocenters. The van der Waals surface area contributed by atoms with E-state index in [1.165, 1.54) is 5.56 Å². The standard InChI is InChI=1S/C23H27N3O3/c1-29-19-12-10-18(11-13-19)24-23(28)21-9-5-14-25(21)16-22(27)26-15-4-7-17-6-2-3-8-20(17)26/h2-3,6,8,10-13,21H,4-5,7,9,14-16H2,1H3,(H,24,28). The van der Waals surface area contributed by atoms with E-state index in [2.05, 4.69) is 11.4 Å². The predicted octanol–water partition coefficient (Wildman–Crippen LogP) is 3.08. The molecule has 0 radical (unpaired) electrons. The number of hydrogen-bond donors (Lipinski definition) is 1. The molecule has 6 heteroatoms. The largest absolute Gasteiger partial charge is 0.497 e. The molecule has 0 spiro atoms. The molecule has 6 nitrogen and oxygen atoms in total. The number of likely N-dealkylation sites (tertiary alicyclic amines) is 1. The highest BCUT2D eigenvalue weighted by Gasteiger charge is 2.33. The van der Waals surface area contributed by atoms with Crippen LogP contribution in [0.25, 0.3) is 0 Å². The van der Waals surface area contributed by atoms with Gasteiger partial charge in [-0.25, -0.2) is 0 Å². The minimum Gasteiger partial charge on any atom is -0.497 e. The van der Waals surface area contributed by atoms with Gasteiger partial charge in [0.15, 0.2) is 0 Å². The highest BCUT2D eigenvalue weighted by molar-refractivity contribution is 5.98. The lowest BCUT2D eigenvalue weighted by Gasteiger charge is -2.32. The summed E-state index contributed by atoms with van der Waals surface area (Å²) in [6.07, 6.45) is 3.68. The Morgan fingerprint density at radius 2 is 1.86 bits per heavy atom. The van der Waals surface area contributed by atoms with Gasteiger partial charge in [-0.05, 0) is 68.1 Å². The van der Waals surface area contributed by atoms with Gasteiger partial charge in [0.05, 0.1) is 19.7 Å². The second kappa shape index (κ2) is 8.66. The van der Waals surface area contributed by atoms with Gasteiger partial charge in [0.25, 0.3) is 0 Å². The smallest absolute Gasteiger partial charge is 0.241 e. The predicted molar refractivity (Wildman–Crippen MR) is 113 cm³/mol. The van der Waals surface area contributed by atoms with Gasteiger partial charge < -0.3 is 15.0 Å². The average Bonchev–Trinajstić information content (AvgIpc) is 3.22. The van der Waals surface area contributed by atoms with Gasteiger partial charge in [-0.3, -0.25) is 14.5 Å². The third kappa shape index (κ3) is 4.27. The molecule has 0 aromatic heterocycles. The second-order valence-corrected chi connectivity index (χ2v) is 7.62. The summed E-state index contributed by atoms with van der Waals surface area (Å²) in [5.74, 6) is 0.763. The van der Waals surface area contributed by atoms with E-state index in [9.17, 15) is 9.59 Å². The zero-order valence-corrected chi connectivity index (χ0v) is 16.8. The van der Waals surface area contributed by atoms with Crippen LogP contribution in [0.4, 0.5) is 11.4 Å². The first-order valence-corrected chi connectivity index (χ1v) is 10.2. The molecular weight excluding hydrogens is 366 g/mol. The fourth-order valence-corrected chi connectivity index (χ4v) is 4.26. The summed E-state index contributed by atoms with van der Waals surface area (Å²) in [5.41, 5.74) is 2.98. The van der Waals surface area contributed by atoms with Crippen molar-refractivity contribution in [2.24, 2.45) is 0 Å². The summed E-state index contributed by atoms with van der Waals surface area (Å²) in [4.78, 5) is 29.8. The highest BCUT2D eigenvalue weighted by atomic mass is 16.5. The molecule has 152 valence electrons. The maximum Gasteiger partial charge on any atom is 0.241 e. The van der Waals surface area contributed by atoms with E-state index >= 15 is 0 Å². The number of para-hydroxylation sites is 1. The zero-order valence-electron chi connectivity index (χ0n) is 16.8. The number of aryl methyl sites for hydroxylation is 1. The Bertz CT molecular complexity index is 881. The molecule has 29 heavy (non-hydrogen) atoms. The number of rotatable bonds is 5. The van der Waals surface area contributed by atoms with Crippen LogP contribution in [0.2, 0.25) is 0 Å². The number of ether oxygens (including phenoxy) is 1. The fraction of sp³-hybridized carbons (Fsp3) is 0.391. The maximum absolute atomic E-state index is 13.1. The number of carbonyl (C=O) groups is 2. The van der Waals surface area contributed by atoms with E-state index in [-0.39, 0.29) is 24.4 Å². The van der Waals surface area contributed by atoms with Gasteiger partial charge in [-0.2, -0.15) is 0 Å². The third-order valence-electron chi connectivity index (χ3n) is 5.77. The average molecular weight is 393 g/mol. The van der Waals surface area contributed by atoms with E-state index in [0.717, 1.165) is 55.9 Å². The molecule has 0 saturated carbocycles. The molecule has 1 atom stereocenters. The van der Waals surface area contributed by atoms with Crippen LogP contribution < -0.4 is 15.0 Å². The molecule has 1 fully saturated rings. The van der Waals surface area contributed by atoms with Gasteiger partial charge in [-0.15, -0.1) is 0 Å². The number of nitrogens with one attached hydrogen (secondary N) is 1. The number of anilines is 2. The van der Waals surface area contributed by atoms with Crippen molar-refractivity contribution in [3.8, 4) is 5.75 Å². The van der Waals surface area contributed by atoms with Crippen molar-refractivity contribution in [2.45, 2.75) is 31.7 Å². The van der Waals surface area contributed by atoms with E-state index in [4.69, 9.17) is 4.74 Å². The number of amides is 2. The van der Waals surface area contributed by atoms with Crippen molar-refractivity contribution in [2.75, 3.05) is 37.0 Å². The Kier molecular flexibility index (Phi) is 5.81. The Morgan fingerprint density at radius 3 is 2.66 bits per heavy atom. The lowest BCUT2D eigenvalue weighted by molar-refractivity contribution is -0.123. The van der Waals surface area contributed by atoms with Crippen LogP contribution in [-0.2, 0) is 16.0 Å². The minimum absolute atomic E-state index is 0.0560. The van der Waals surface area contributed by atoms with Crippen LogP contribution in [-0.4, -0.2) is 49.5 Å². The van der Waals surface area contributed by atoms with Gasteiger partial charge >= 0.3 is 0 Å². The quantitative estimate of drug-likeness (QED) is 0.848. The normalized spacial score (nSPS) is 18.9. The van der Waals surface area contributed by atoms with Crippen molar-refractivity contribution in [1.29, 1.82) is 0 Å². The Hall–Kier alpha value is -2.86. The maximum atomic E-state index is 13.1. The number of hydrogen-bond acceptors (Lipinski definition) is 4. The van der Waals surface area contributed by atoms with Crippen LogP contribution in [0.3, 0.4) is 0 Å². The first-order chi connectivity index (χ1) is 14.2. The Balaban J connectivity index is 1.40. The third-order valence-corrected chi connectivity index (χ3v) is 5.77. The molecule has 1 saturated heterocycles. The molecule has 1 N–H and O–H groups in total. The molecule has 2 aromatic carbocycles. The lowest BCUT2D eigenvalue weighted by atomic mass is 10.0. The first kappa shape index (κ1) is 19.5. The second-order valence-electron chi connectivity index (χ2n) is 7.62. The number of nitrogens with zero attached hydrogens (tertiary/aromatic N) is 2. The van der Waals surface area contributed by atoms with Crippen molar-refractivity contribution >= 4 is 23.2 Å². The highest BCUT2D eigenvalue weighted by Crippen LogP contribution is 2.28. The van der Waals surface area contributed by atoms with Gasteiger partial charge in [-0.1, -0.05) is 18.2 Å². The van der Waals surface area contributed by atoms with Gasteiger partial charge in [0.1, 0.15) is 5.75 Å². The van der Waals surface area contributed by atoms with E-state index in [0.29, 0.717) is 0 Å². The Labute approximate surface area is 171 Å². The summed E-state index contributed by atoms with van der Waals surface area (Å²) in [7, 11) is 1.61. The number of fused-ring (bicyclic) bond motifs is 1. The van der Waals surface area contributed by atoms with Crippen LogP contribution >= 0.6 is 0 Å². The van der Waals surface area contributed by atoms with Gasteiger partial charge in [0, 0.05) is 17.9 Å². The lowest BCUT2D eigenvalue weighted by Crippen LogP contribution is -2.47. The molecule has 2 amide bonds. The molecule has 2 heterocycles. The van der Waals surface area contributed by atoms with E-state index in [1.807, 2.05) is 52.3 Å². The zero-order chi connectivity index (χ0) is 20.2. The first-order valence-electron chi connectivity index (χ1n) is 10.2. The van der Waals surface area contributed by atoms with Crippen molar-refractivity contribution in [3.05, 3.63) is 54.1 Å². The van der Waals surface area contributed by atoms with Crippen LogP contribution in [0.15, 0.2) is 48.5 Å². The van der Waals surface area contributed by atoms with Crippen molar-refractivity contribution in [3.63, 3.8) is 0 Å². The topological polar surface area (TPSA) is 61.9 Å². The molecule has 0 bridgehead atoms. The summed E-state index contributed by atoms with van der Waals surface area (Å²) >= 11 is 0. The summed E-state index contributed by atoms with van der Waals surface area (Å²) in [6.45, 7) is 1.78. The number of benzene rings is 2. The molecule has 2 aliphatic heterocycles. The SMILES string of the molecule is COc1ccc(NC(=O)C2CCCN2CC(=O)N2CCCc3ccccc32)cc1. The molecule has 4 rings (SSSR count). The van der Waals surface area contributed by atoms with Gasteiger partial charge in [0.2, 0.25) is 11.8 Å². The molecule has 2 aliphatic rings. The molecule has 2 aromatic rings. The van der Waals surface area contributed by atoms with Crippen molar-refractivity contribution < 1.29 is 14.3 Å².